The van der Waals surface area contributed by atoms with Crippen LogP contribution in [0.2, 0.25) is 0 Å². The van der Waals surface area contributed by atoms with Gasteiger partial charge in [0.15, 0.2) is 0 Å². The largest absolute Gasteiger partial charge is 0.382 e. The first-order chi connectivity index (χ1) is 7.09. The lowest BCUT2D eigenvalue weighted by Crippen LogP contribution is -2.13. The van der Waals surface area contributed by atoms with Crippen LogP contribution in [0.15, 0.2) is 24.3 Å². The van der Waals surface area contributed by atoms with E-state index in [1.807, 2.05) is 38.1 Å². The molecule has 3 N–H and O–H groups in total. The fourth-order valence-electron chi connectivity index (χ4n) is 1.70. The number of nitrogen functional groups attached to an aromatic ring is 1. The van der Waals surface area contributed by atoms with E-state index in [0.717, 1.165) is 22.0 Å². The van der Waals surface area contributed by atoms with Gasteiger partial charge in [-0.1, -0.05) is 18.2 Å². The van der Waals surface area contributed by atoms with Gasteiger partial charge in [0, 0.05) is 5.39 Å². The van der Waals surface area contributed by atoms with Crippen LogP contribution < -0.4 is 5.73 Å². The molecule has 0 radical (unpaired) electrons. The highest BCUT2D eigenvalue weighted by molar-refractivity contribution is 5.97. The van der Waals surface area contributed by atoms with E-state index in [2.05, 4.69) is 4.98 Å². The van der Waals surface area contributed by atoms with Gasteiger partial charge in [0.05, 0.1) is 5.52 Å². The van der Waals surface area contributed by atoms with E-state index in [-0.39, 0.29) is 5.84 Å². The molecule has 0 atom stereocenters. The number of nitrogens with one attached hydrogen (secondary N) is 1. The second-order valence-electron chi connectivity index (χ2n) is 3.71. The van der Waals surface area contributed by atoms with E-state index in [9.17, 15) is 0 Å². The first-order valence-corrected chi connectivity index (χ1v) is 4.81. The van der Waals surface area contributed by atoms with E-state index in [1.165, 1.54) is 0 Å². The summed E-state index contributed by atoms with van der Waals surface area (Å²) in [7, 11) is 0. The molecule has 1 aromatic heterocycles. The molecule has 2 aromatic rings. The first-order valence-electron chi connectivity index (χ1n) is 4.81. The molecule has 0 bridgehead atoms. The Morgan fingerprint density at radius 2 is 2.00 bits per heavy atom. The quantitative estimate of drug-likeness (QED) is 0.546. The van der Waals surface area contributed by atoms with E-state index in [1.54, 1.807) is 0 Å². The summed E-state index contributed by atoms with van der Waals surface area (Å²) in [5.74, 6) is 0.0169. The monoisotopic (exact) mass is 199 g/mol. The average Bonchev–Trinajstić information content (AvgIpc) is 2.19. The Morgan fingerprint density at radius 3 is 2.67 bits per heavy atom. The lowest BCUT2D eigenvalue weighted by Gasteiger charge is -2.07. The fraction of sp³-hybridized carbons (Fsp3) is 0.167. The Hall–Kier alpha value is -1.90. The molecular weight excluding hydrogens is 186 g/mol. The van der Waals surface area contributed by atoms with Gasteiger partial charge in [-0.3, -0.25) is 5.41 Å². The molecule has 0 aliphatic carbocycles. The Bertz CT molecular complexity index is 544. The van der Waals surface area contributed by atoms with Crippen molar-refractivity contribution in [2.24, 2.45) is 5.73 Å². The maximum absolute atomic E-state index is 7.39. The summed E-state index contributed by atoms with van der Waals surface area (Å²) in [6, 6.07) is 7.91. The number of amidine groups is 1. The zero-order chi connectivity index (χ0) is 11.0. The van der Waals surface area contributed by atoms with E-state index in [0.29, 0.717) is 5.69 Å². The van der Waals surface area contributed by atoms with Gasteiger partial charge in [0.1, 0.15) is 11.5 Å². The van der Waals surface area contributed by atoms with Gasteiger partial charge in [-0.2, -0.15) is 0 Å². The SMILES string of the molecule is Cc1cc(C(=N)N)nc2c(C)cccc12. The second kappa shape index (κ2) is 3.35. The molecule has 0 unspecified atom stereocenters. The number of hydrogen-bond acceptors (Lipinski definition) is 2. The molecule has 1 aromatic carbocycles. The number of nitrogens with zero attached hydrogens (tertiary/aromatic N) is 1. The van der Waals surface area contributed by atoms with E-state index >= 15 is 0 Å². The summed E-state index contributed by atoms with van der Waals surface area (Å²) in [6.45, 7) is 4.02. The molecule has 0 saturated carbocycles. The van der Waals surface area contributed by atoms with Crippen molar-refractivity contribution in [1.29, 1.82) is 5.41 Å². The Morgan fingerprint density at radius 1 is 1.27 bits per heavy atom. The van der Waals surface area contributed by atoms with Gasteiger partial charge < -0.3 is 5.73 Å². The van der Waals surface area contributed by atoms with Gasteiger partial charge in [-0.25, -0.2) is 4.98 Å². The maximum atomic E-state index is 7.39. The number of pyridine rings is 1. The Kier molecular flexibility index (Phi) is 2.15. The third-order valence-electron chi connectivity index (χ3n) is 2.52. The predicted octanol–water partition coefficient (Wildman–Crippen LogP) is 2.14. The van der Waals surface area contributed by atoms with Crippen molar-refractivity contribution in [1.82, 2.24) is 4.98 Å². The number of aryl methyl sites for hydroxylation is 2. The zero-order valence-electron chi connectivity index (χ0n) is 8.83. The van der Waals surface area contributed by atoms with Gasteiger partial charge in [-0.15, -0.1) is 0 Å². The number of aromatic nitrogens is 1. The highest BCUT2D eigenvalue weighted by Gasteiger charge is 2.05. The van der Waals surface area contributed by atoms with Crippen molar-refractivity contribution in [2.45, 2.75) is 13.8 Å². The molecule has 0 amide bonds. The van der Waals surface area contributed by atoms with Crippen LogP contribution in [0.25, 0.3) is 10.9 Å². The lowest BCUT2D eigenvalue weighted by molar-refractivity contribution is 1.27. The minimum absolute atomic E-state index is 0.0169. The summed E-state index contributed by atoms with van der Waals surface area (Å²) in [4.78, 5) is 4.39. The summed E-state index contributed by atoms with van der Waals surface area (Å²) in [5, 5.41) is 8.52. The molecule has 15 heavy (non-hydrogen) atoms. The molecular formula is C12H13N3. The highest BCUT2D eigenvalue weighted by Crippen LogP contribution is 2.20. The number of fused-ring (bicyclic) bond motifs is 1. The first kappa shape index (κ1) is 9.65. The molecule has 0 saturated heterocycles. The molecule has 76 valence electrons. The molecule has 1 heterocycles. The van der Waals surface area contributed by atoms with Gasteiger partial charge in [-0.05, 0) is 31.0 Å². The van der Waals surface area contributed by atoms with Gasteiger partial charge in [0.2, 0.25) is 0 Å². The van der Waals surface area contributed by atoms with Crippen LogP contribution >= 0.6 is 0 Å². The number of benzene rings is 1. The summed E-state index contributed by atoms with van der Waals surface area (Å²) < 4.78 is 0. The van der Waals surface area contributed by atoms with Crippen molar-refractivity contribution < 1.29 is 0 Å². The van der Waals surface area contributed by atoms with Crippen LogP contribution in [-0.4, -0.2) is 10.8 Å². The zero-order valence-corrected chi connectivity index (χ0v) is 8.83. The number of para-hydroxylation sites is 1. The minimum Gasteiger partial charge on any atom is -0.382 e. The third-order valence-corrected chi connectivity index (χ3v) is 2.52. The third kappa shape index (κ3) is 1.56. The molecule has 0 aliphatic rings. The standard InChI is InChI=1S/C12H13N3/c1-7-4-3-5-9-8(2)6-10(12(13)14)15-11(7)9/h3-6H,1-2H3,(H3,13,14). The molecule has 3 heteroatoms. The van der Waals surface area contributed by atoms with Crippen LogP contribution in [0.4, 0.5) is 0 Å². The Labute approximate surface area is 88.5 Å². The number of nitrogens with two attached hydrogens (primary N) is 1. The van der Waals surface area contributed by atoms with Crippen LogP contribution in [0.3, 0.4) is 0 Å². The Balaban J connectivity index is 2.85. The van der Waals surface area contributed by atoms with Crippen molar-refractivity contribution >= 4 is 16.7 Å². The van der Waals surface area contributed by atoms with Crippen LogP contribution in [0.5, 0.6) is 0 Å². The van der Waals surface area contributed by atoms with Crippen molar-refractivity contribution in [3.05, 3.63) is 41.1 Å². The van der Waals surface area contributed by atoms with Crippen LogP contribution in [-0.2, 0) is 0 Å². The van der Waals surface area contributed by atoms with Crippen molar-refractivity contribution in [2.75, 3.05) is 0 Å². The maximum Gasteiger partial charge on any atom is 0.141 e. The number of rotatable bonds is 1. The molecule has 0 aliphatic heterocycles. The van der Waals surface area contributed by atoms with Crippen molar-refractivity contribution in [3.63, 3.8) is 0 Å². The van der Waals surface area contributed by atoms with Crippen LogP contribution in [0, 0.1) is 19.3 Å². The van der Waals surface area contributed by atoms with Gasteiger partial charge >= 0.3 is 0 Å². The smallest absolute Gasteiger partial charge is 0.141 e. The molecule has 0 fully saturated rings. The highest BCUT2D eigenvalue weighted by atomic mass is 14.8. The molecule has 2 rings (SSSR count). The average molecular weight is 199 g/mol. The second-order valence-corrected chi connectivity index (χ2v) is 3.71. The van der Waals surface area contributed by atoms with E-state index in [4.69, 9.17) is 11.1 Å². The molecule has 0 spiro atoms. The van der Waals surface area contributed by atoms with Crippen molar-refractivity contribution in [3.8, 4) is 0 Å². The summed E-state index contributed by atoms with van der Waals surface area (Å²) in [5.41, 5.74) is 9.14. The summed E-state index contributed by atoms with van der Waals surface area (Å²) >= 11 is 0. The van der Waals surface area contributed by atoms with Crippen LogP contribution in [0.1, 0.15) is 16.8 Å². The topological polar surface area (TPSA) is 62.8 Å². The minimum atomic E-state index is 0.0169. The van der Waals surface area contributed by atoms with Gasteiger partial charge in [0.25, 0.3) is 0 Å². The fourth-order valence-corrected chi connectivity index (χ4v) is 1.70. The lowest BCUT2D eigenvalue weighted by atomic mass is 10.1. The van der Waals surface area contributed by atoms with E-state index < -0.39 is 0 Å². The predicted molar refractivity (Wildman–Crippen MR) is 62.2 cm³/mol. The summed E-state index contributed by atoms with van der Waals surface area (Å²) in [6.07, 6.45) is 0. The molecule has 3 nitrogen and oxygen atoms in total. The normalized spacial score (nSPS) is 10.5. The number of hydrogen-bond donors (Lipinski definition) is 2.